The minimum Gasteiger partial charge on any atom is -0.478 e. The Morgan fingerprint density at radius 3 is 2.72 bits per heavy atom. The SMILES string of the molecule is O=C(COc1c(F)ccc2sc(N3C4CCC3COC4)nc12)NCCOCCOCCO. The third-order valence-electron chi connectivity index (χ3n) is 5.44. The number of hydrogen-bond donors (Lipinski definition) is 2. The van der Waals surface area contributed by atoms with E-state index in [0.717, 1.165) is 22.7 Å². The number of nitrogens with one attached hydrogen (secondary N) is 1. The Bertz CT molecular complexity index is 897. The molecular weight excluding hydrogens is 441 g/mol. The average molecular weight is 470 g/mol. The van der Waals surface area contributed by atoms with Crippen LogP contribution in [0, 0.1) is 5.82 Å². The fourth-order valence-corrected chi connectivity index (χ4v) is 5.07. The van der Waals surface area contributed by atoms with Crippen LogP contribution in [0.1, 0.15) is 12.8 Å². The number of rotatable bonds is 12. The van der Waals surface area contributed by atoms with Crippen LogP contribution in [0.25, 0.3) is 10.2 Å². The number of thiazole rings is 1. The minimum atomic E-state index is -0.543. The topological polar surface area (TPSA) is 102 Å². The fourth-order valence-electron chi connectivity index (χ4n) is 3.96. The van der Waals surface area contributed by atoms with E-state index < -0.39 is 5.82 Å². The van der Waals surface area contributed by atoms with Gasteiger partial charge in [0.15, 0.2) is 23.3 Å². The van der Waals surface area contributed by atoms with Gasteiger partial charge in [0.1, 0.15) is 5.52 Å². The van der Waals surface area contributed by atoms with Crippen LogP contribution in [0.15, 0.2) is 12.1 Å². The van der Waals surface area contributed by atoms with Gasteiger partial charge in [0.05, 0.1) is 63.0 Å². The van der Waals surface area contributed by atoms with E-state index in [2.05, 4.69) is 15.2 Å². The molecule has 176 valence electrons. The number of morpholine rings is 1. The van der Waals surface area contributed by atoms with Gasteiger partial charge < -0.3 is 34.3 Å². The highest BCUT2D eigenvalue weighted by atomic mass is 32.1. The van der Waals surface area contributed by atoms with Crippen LogP contribution in [0.5, 0.6) is 5.75 Å². The number of amides is 1. The molecule has 2 saturated heterocycles. The zero-order chi connectivity index (χ0) is 22.3. The first-order valence-corrected chi connectivity index (χ1v) is 11.6. The largest absolute Gasteiger partial charge is 0.478 e. The lowest BCUT2D eigenvalue weighted by Crippen LogP contribution is -2.45. The monoisotopic (exact) mass is 469 g/mol. The molecule has 2 aromatic rings. The van der Waals surface area contributed by atoms with Crippen LogP contribution in [-0.2, 0) is 19.0 Å². The zero-order valence-corrected chi connectivity index (χ0v) is 18.6. The molecule has 0 saturated carbocycles. The summed E-state index contributed by atoms with van der Waals surface area (Å²) in [5.41, 5.74) is 0.440. The van der Waals surface area contributed by atoms with Crippen molar-refractivity contribution < 1.29 is 33.2 Å². The lowest BCUT2D eigenvalue weighted by atomic mass is 10.2. The first-order valence-electron chi connectivity index (χ1n) is 10.8. The van der Waals surface area contributed by atoms with Crippen molar-refractivity contribution in [1.82, 2.24) is 10.3 Å². The Morgan fingerprint density at radius 1 is 1.22 bits per heavy atom. The van der Waals surface area contributed by atoms with Crippen LogP contribution >= 0.6 is 11.3 Å². The number of hydrogen-bond acceptors (Lipinski definition) is 9. The summed E-state index contributed by atoms with van der Waals surface area (Å²) in [6.45, 7) is 2.67. The number of benzene rings is 1. The van der Waals surface area contributed by atoms with Gasteiger partial charge >= 0.3 is 0 Å². The number of fused-ring (bicyclic) bond motifs is 3. The molecule has 2 aliphatic heterocycles. The minimum absolute atomic E-state index is 0.00182. The van der Waals surface area contributed by atoms with Crippen molar-refractivity contribution in [3.05, 3.63) is 17.9 Å². The molecule has 9 nitrogen and oxygen atoms in total. The molecule has 3 heterocycles. The highest BCUT2D eigenvalue weighted by molar-refractivity contribution is 7.22. The van der Waals surface area contributed by atoms with E-state index in [1.807, 2.05) is 0 Å². The summed E-state index contributed by atoms with van der Waals surface area (Å²) in [6.07, 6.45) is 2.13. The number of aromatic nitrogens is 1. The molecule has 2 N–H and O–H groups in total. The zero-order valence-electron chi connectivity index (χ0n) is 17.8. The molecule has 2 bridgehead atoms. The lowest BCUT2D eigenvalue weighted by Gasteiger charge is -2.34. The number of halogens is 1. The summed E-state index contributed by atoms with van der Waals surface area (Å²) < 4.78 is 36.9. The van der Waals surface area contributed by atoms with Gasteiger partial charge in [-0.15, -0.1) is 0 Å². The summed E-state index contributed by atoms with van der Waals surface area (Å²) in [5, 5.41) is 12.1. The molecule has 1 aromatic heterocycles. The highest BCUT2D eigenvalue weighted by Gasteiger charge is 2.39. The molecule has 11 heteroatoms. The van der Waals surface area contributed by atoms with Crippen molar-refractivity contribution in [3.8, 4) is 5.75 Å². The van der Waals surface area contributed by atoms with Crippen molar-refractivity contribution in [2.24, 2.45) is 0 Å². The molecule has 2 aliphatic rings. The molecular formula is C21H28FN3O6S. The second kappa shape index (κ2) is 11.2. The molecule has 4 rings (SSSR count). The number of ether oxygens (including phenoxy) is 4. The second-order valence-corrected chi connectivity index (χ2v) is 8.65. The summed E-state index contributed by atoms with van der Waals surface area (Å²) in [5.74, 6) is -0.917. The standard InChI is InChI=1S/C21H28FN3O6S/c22-16-3-4-17-19(24-21(32-17)25-14-1-2-15(25)12-30-11-14)20(16)31-13-18(27)23-5-7-28-9-10-29-8-6-26/h3-4,14-15,26H,1-2,5-13H2,(H,23,27). The Morgan fingerprint density at radius 2 is 1.97 bits per heavy atom. The van der Waals surface area contributed by atoms with Gasteiger partial charge in [-0.1, -0.05) is 11.3 Å². The quantitative estimate of drug-likeness (QED) is 0.449. The van der Waals surface area contributed by atoms with Crippen LogP contribution in [0.2, 0.25) is 0 Å². The maximum Gasteiger partial charge on any atom is 0.258 e. The maximum atomic E-state index is 14.5. The number of nitrogens with zero attached hydrogens (tertiary/aromatic N) is 2. The van der Waals surface area contributed by atoms with Crippen molar-refractivity contribution in [3.63, 3.8) is 0 Å². The molecule has 0 aliphatic carbocycles. The Labute approximate surface area is 189 Å². The van der Waals surface area contributed by atoms with Gasteiger partial charge in [0.2, 0.25) is 0 Å². The van der Waals surface area contributed by atoms with E-state index in [9.17, 15) is 9.18 Å². The summed E-state index contributed by atoms with van der Waals surface area (Å²) in [7, 11) is 0. The second-order valence-electron chi connectivity index (χ2n) is 7.64. The number of carbonyl (C=O) groups is 1. The molecule has 1 amide bonds. The maximum absolute atomic E-state index is 14.5. The van der Waals surface area contributed by atoms with E-state index in [1.165, 1.54) is 17.4 Å². The number of aliphatic hydroxyl groups excluding tert-OH is 1. The average Bonchev–Trinajstić information content (AvgIpc) is 3.32. The molecule has 2 unspecified atom stereocenters. The molecule has 0 spiro atoms. The molecule has 1 aromatic carbocycles. The van der Waals surface area contributed by atoms with Crippen LogP contribution in [-0.4, -0.2) is 87.5 Å². The Kier molecular flexibility index (Phi) is 8.09. The van der Waals surface area contributed by atoms with Gasteiger partial charge in [0, 0.05) is 6.54 Å². The Hall–Kier alpha value is -2.05. The van der Waals surface area contributed by atoms with Gasteiger partial charge in [-0.05, 0) is 25.0 Å². The van der Waals surface area contributed by atoms with Gasteiger partial charge in [-0.2, -0.15) is 0 Å². The molecule has 2 atom stereocenters. The molecule has 2 fully saturated rings. The Balaban J connectivity index is 1.30. The summed E-state index contributed by atoms with van der Waals surface area (Å²) in [6, 6.07) is 3.65. The first-order chi connectivity index (χ1) is 15.7. The van der Waals surface area contributed by atoms with Gasteiger partial charge in [0.25, 0.3) is 5.91 Å². The normalized spacial score (nSPS) is 20.1. The predicted molar refractivity (Wildman–Crippen MR) is 117 cm³/mol. The number of carbonyl (C=O) groups excluding carboxylic acids is 1. The van der Waals surface area contributed by atoms with Crippen molar-refractivity contribution in [1.29, 1.82) is 0 Å². The lowest BCUT2D eigenvalue weighted by molar-refractivity contribution is -0.123. The van der Waals surface area contributed by atoms with Gasteiger partial charge in [-0.3, -0.25) is 4.79 Å². The van der Waals surface area contributed by atoms with Gasteiger partial charge in [-0.25, -0.2) is 9.37 Å². The van der Waals surface area contributed by atoms with E-state index in [4.69, 9.17) is 24.1 Å². The van der Waals surface area contributed by atoms with Crippen LogP contribution < -0.4 is 15.0 Å². The van der Waals surface area contributed by atoms with E-state index in [1.54, 1.807) is 6.07 Å². The molecule has 32 heavy (non-hydrogen) atoms. The third kappa shape index (κ3) is 5.46. The number of anilines is 1. The van der Waals surface area contributed by atoms with Crippen LogP contribution in [0.3, 0.4) is 0 Å². The van der Waals surface area contributed by atoms with Crippen molar-refractivity contribution in [2.75, 3.05) is 64.3 Å². The van der Waals surface area contributed by atoms with E-state index in [-0.39, 0.29) is 31.5 Å². The predicted octanol–water partition coefficient (Wildman–Crippen LogP) is 1.32. The van der Waals surface area contributed by atoms with Crippen molar-refractivity contribution in [2.45, 2.75) is 24.9 Å². The highest BCUT2D eigenvalue weighted by Crippen LogP contribution is 2.41. The van der Waals surface area contributed by atoms with Crippen molar-refractivity contribution >= 4 is 32.6 Å². The third-order valence-corrected chi connectivity index (χ3v) is 6.47. The number of aliphatic hydroxyl groups is 1. The van der Waals surface area contributed by atoms with E-state index in [0.29, 0.717) is 57.2 Å². The van der Waals surface area contributed by atoms with Crippen LogP contribution in [0.4, 0.5) is 9.52 Å². The van der Waals surface area contributed by atoms with E-state index >= 15 is 0 Å². The first kappa shape index (κ1) is 23.1. The smallest absolute Gasteiger partial charge is 0.258 e. The summed E-state index contributed by atoms with van der Waals surface area (Å²) >= 11 is 1.51. The molecule has 0 radical (unpaired) electrons. The fraction of sp³-hybridized carbons (Fsp3) is 0.619. The summed E-state index contributed by atoms with van der Waals surface area (Å²) in [4.78, 5) is 19.0.